The van der Waals surface area contributed by atoms with E-state index in [9.17, 15) is 4.79 Å². The van der Waals surface area contributed by atoms with Gasteiger partial charge in [0, 0.05) is 18.4 Å². The van der Waals surface area contributed by atoms with E-state index in [1.807, 2.05) is 13.8 Å². The summed E-state index contributed by atoms with van der Waals surface area (Å²) < 4.78 is 0. The molecule has 0 radical (unpaired) electrons. The van der Waals surface area contributed by atoms with Gasteiger partial charge in [-0.15, -0.1) is 0 Å². The zero-order valence-corrected chi connectivity index (χ0v) is 8.05. The zero-order chi connectivity index (χ0) is 9.14. The van der Waals surface area contributed by atoms with Gasteiger partial charge in [-0.2, -0.15) is 0 Å². The SMILES string of the molecule is CC(N)C(C)C(=O)CCC1CC1. The van der Waals surface area contributed by atoms with E-state index in [-0.39, 0.29) is 12.0 Å². The topological polar surface area (TPSA) is 43.1 Å². The molecule has 1 fully saturated rings. The summed E-state index contributed by atoms with van der Waals surface area (Å²) in [4.78, 5) is 11.4. The van der Waals surface area contributed by atoms with Crippen LogP contribution in [-0.4, -0.2) is 11.8 Å². The van der Waals surface area contributed by atoms with E-state index in [0.29, 0.717) is 5.78 Å². The van der Waals surface area contributed by atoms with Crippen molar-refractivity contribution in [3.05, 3.63) is 0 Å². The molecule has 0 amide bonds. The van der Waals surface area contributed by atoms with Gasteiger partial charge in [-0.05, 0) is 19.3 Å². The maximum Gasteiger partial charge on any atom is 0.137 e. The second-order valence-corrected chi connectivity index (χ2v) is 4.10. The predicted octanol–water partition coefficient (Wildman–Crippen LogP) is 1.73. The average molecular weight is 169 g/mol. The fourth-order valence-electron chi connectivity index (χ4n) is 1.27. The number of ketones is 1. The molecule has 12 heavy (non-hydrogen) atoms. The minimum atomic E-state index is 0.0108. The standard InChI is InChI=1S/C10H19NO/c1-7(8(2)11)10(12)6-5-9-3-4-9/h7-9H,3-6,11H2,1-2H3. The number of rotatable bonds is 5. The molecule has 1 aliphatic carbocycles. The van der Waals surface area contributed by atoms with Crippen LogP contribution in [0.15, 0.2) is 0 Å². The molecule has 0 aromatic carbocycles. The van der Waals surface area contributed by atoms with E-state index in [2.05, 4.69) is 0 Å². The molecule has 0 spiro atoms. The second kappa shape index (κ2) is 4.04. The summed E-state index contributed by atoms with van der Waals surface area (Å²) >= 11 is 0. The lowest BCUT2D eigenvalue weighted by molar-refractivity contribution is -0.123. The molecule has 0 aromatic rings. The van der Waals surface area contributed by atoms with Gasteiger partial charge >= 0.3 is 0 Å². The van der Waals surface area contributed by atoms with Crippen molar-refractivity contribution in [2.24, 2.45) is 17.6 Å². The molecule has 0 aliphatic heterocycles. The number of carbonyl (C=O) groups excluding carboxylic acids is 1. The Hall–Kier alpha value is -0.370. The van der Waals surface area contributed by atoms with Crippen LogP contribution in [0, 0.1) is 11.8 Å². The molecule has 2 N–H and O–H groups in total. The van der Waals surface area contributed by atoms with Crippen molar-refractivity contribution in [3.63, 3.8) is 0 Å². The van der Waals surface area contributed by atoms with Gasteiger partial charge in [-0.3, -0.25) is 4.79 Å². The first kappa shape index (κ1) is 9.72. The Morgan fingerprint density at radius 2 is 2.08 bits per heavy atom. The lowest BCUT2D eigenvalue weighted by Gasteiger charge is -2.13. The van der Waals surface area contributed by atoms with Gasteiger partial charge in [0.05, 0.1) is 0 Å². The monoisotopic (exact) mass is 169 g/mol. The van der Waals surface area contributed by atoms with Crippen LogP contribution in [-0.2, 0) is 4.79 Å². The van der Waals surface area contributed by atoms with Crippen molar-refractivity contribution in [1.29, 1.82) is 0 Å². The van der Waals surface area contributed by atoms with Crippen LogP contribution in [0.25, 0.3) is 0 Å². The van der Waals surface area contributed by atoms with Gasteiger partial charge in [0.1, 0.15) is 5.78 Å². The molecular formula is C10H19NO. The van der Waals surface area contributed by atoms with Gasteiger partial charge in [-0.25, -0.2) is 0 Å². The molecule has 1 rings (SSSR count). The first-order valence-corrected chi connectivity index (χ1v) is 4.89. The van der Waals surface area contributed by atoms with Crippen LogP contribution in [0.5, 0.6) is 0 Å². The Morgan fingerprint density at radius 1 is 1.50 bits per heavy atom. The van der Waals surface area contributed by atoms with Crippen LogP contribution >= 0.6 is 0 Å². The maximum absolute atomic E-state index is 11.4. The largest absolute Gasteiger partial charge is 0.327 e. The normalized spacial score (nSPS) is 21.9. The predicted molar refractivity (Wildman–Crippen MR) is 49.8 cm³/mol. The van der Waals surface area contributed by atoms with Crippen molar-refractivity contribution in [2.45, 2.75) is 45.6 Å². The minimum absolute atomic E-state index is 0.0108. The van der Waals surface area contributed by atoms with E-state index >= 15 is 0 Å². The number of hydrogen-bond donors (Lipinski definition) is 1. The first-order valence-electron chi connectivity index (χ1n) is 4.89. The lowest BCUT2D eigenvalue weighted by atomic mass is 9.95. The van der Waals surface area contributed by atoms with Crippen molar-refractivity contribution in [2.75, 3.05) is 0 Å². The summed E-state index contributed by atoms with van der Waals surface area (Å²) in [5.41, 5.74) is 5.64. The summed E-state index contributed by atoms with van der Waals surface area (Å²) in [5.74, 6) is 1.25. The molecule has 0 heterocycles. The summed E-state index contributed by atoms with van der Waals surface area (Å²) in [6.45, 7) is 3.83. The van der Waals surface area contributed by atoms with Crippen LogP contribution in [0.1, 0.15) is 39.5 Å². The van der Waals surface area contributed by atoms with Crippen molar-refractivity contribution >= 4 is 5.78 Å². The number of Topliss-reactive ketones (excluding diaryl/α,β-unsaturated/α-hetero) is 1. The molecular weight excluding hydrogens is 150 g/mol. The highest BCUT2D eigenvalue weighted by atomic mass is 16.1. The quantitative estimate of drug-likeness (QED) is 0.681. The fraction of sp³-hybridized carbons (Fsp3) is 0.900. The van der Waals surface area contributed by atoms with E-state index < -0.39 is 0 Å². The Balaban J connectivity index is 2.16. The molecule has 1 aliphatic rings. The van der Waals surface area contributed by atoms with Crippen LogP contribution in [0.3, 0.4) is 0 Å². The summed E-state index contributed by atoms with van der Waals surface area (Å²) in [6, 6.07) is 0.0108. The highest BCUT2D eigenvalue weighted by Gasteiger charge is 2.24. The number of carbonyl (C=O) groups is 1. The number of nitrogens with two attached hydrogens (primary N) is 1. The molecule has 2 atom stereocenters. The first-order chi connectivity index (χ1) is 5.61. The third-order valence-corrected chi connectivity index (χ3v) is 2.79. The van der Waals surface area contributed by atoms with Gasteiger partial charge < -0.3 is 5.73 Å². The third-order valence-electron chi connectivity index (χ3n) is 2.79. The molecule has 2 unspecified atom stereocenters. The smallest absolute Gasteiger partial charge is 0.137 e. The Kier molecular flexibility index (Phi) is 3.27. The number of hydrogen-bond acceptors (Lipinski definition) is 2. The molecule has 0 bridgehead atoms. The molecule has 0 aromatic heterocycles. The lowest BCUT2D eigenvalue weighted by Crippen LogP contribution is -2.30. The van der Waals surface area contributed by atoms with Gasteiger partial charge in [-0.1, -0.05) is 19.8 Å². The summed E-state index contributed by atoms with van der Waals surface area (Å²) in [5, 5.41) is 0. The highest BCUT2D eigenvalue weighted by molar-refractivity contribution is 5.81. The Bertz CT molecular complexity index is 161. The van der Waals surface area contributed by atoms with Crippen LogP contribution in [0.2, 0.25) is 0 Å². The van der Waals surface area contributed by atoms with Crippen molar-refractivity contribution < 1.29 is 4.79 Å². The van der Waals surface area contributed by atoms with Crippen LogP contribution < -0.4 is 5.73 Å². The maximum atomic E-state index is 11.4. The van der Waals surface area contributed by atoms with Gasteiger partial charge in [0.2, 0.25) is 0 Å². The highest BCUT2D eigenvalue weighted by Crippen LogP contribution is 2.33. The van der Waals surface area contributed by atoms with Gasteiger partial charge in [0.15, 0.2) is 0 Å². The second-order valence-electron chi connectivity index (χ2n) is 4.10. The van der Waals surface area contributed by atoms with E-state index in [4.69, 9.17) is 5.73 Å². The summed E-state index contributed by atoms with van der Waals surface area (Å²) in [7, 11) is 0. The van der Waals surface area contributed by atoms with Crippen molar-refractivity contribution in [1.82, 2.24) is 0 Å². The fourth-order valence-corrected chi connectivity index (χ4v) is 1.27. The molecule has 2 heteroatoms. The van der Waals surface area contributed by atoms with Crippen LogP contribution in [0.4, 0.5) is 0 Å². The minimum Gasteiger partial charge on any atom is -0.327 e. The molecule has 1 saturated carbocycles. The summed E-state index contributed by atoms with van der Waals surface area (Å²) in [6.07, 6.45) is 4.50. The Labute approximate surface area is 74.5 Å². The van der Waals surface area contributed by atoms with Crippen molar-refractivity contribution in [3.8, 4) is 0 Å². The zero-order valence-electron chi connectivity index (χ0n) is 8.05. The van der Waals surface area contributed by atoms with E-state index in [1.54, 1.807) is 0 Å². The van der Waals surface area contributed by atoms with E-state index in [1.165, 1.54) is 12.8 Å². The van der Waals surface area contributed by atoms with Gasteiger partial charge in [0.25, 0.3) is 0 Å². The average Bonchev–Trinajstić information content (AvgIpc) is 2.81. The Morgan fingerprint density at radius 3 is 2.50 bits per heavy atom. The van der Waals surface area contributed by atoms with E-state index in [0.717, 1.165) is 18.8 Å². The molecule has 70 valence electrons. The molecule has 0 saturated heterocycles. The molecule has 2 nitrogen and oxygen atoms in total. The third kappa shape index (κ3) is 2.94.